The van der Waals surface area contributed by atoms with E-state index in [4.69, 9.17) is 11.6 Å². The number of aromatic nitrogens is 1. The maximum absolute atomic E-state index is 13.3. The molecule has 1 aromatic heterocycles. The zero-order valence-corrected chi connectivity index (χ0v) is 16.0. The van der Waals surface area contributed by atoms with Crippen molar-refractivity contribution in [1.29, 1.82) is 0 Å². The Labute approximate surface area is 168 Å². The smallest absolute Gasteiger partial charge is 0.337 e. The van der Waals surface area contributed by atoms with Crippen LogP contribution in [0, 0.1) is 5.82 Å². The third-order valence-electron chi connectivity index (χ3n) is 4.35. The van der Waals surface area contributed by atoms with Crippen molar-refractivity contribution in [3.8, 4) is 10.4 Å². The average Bonchev–Trinajstić information content (AvgIpc) is 3.42. The molecule has 1 amide bonds. The minimum Gasteiger partial charge on any atom is -0.478 e. The average molecular weight is 417 g/mol. The van der Waals surface area contributed by atoms with E-state index in [1.807, 2.05) is 0 Å². The van der Waals surface area contributed by atoms with Gasteiger partial charge in [-0.3, -0.25) is 4.79 Å². The Morgan fingerprint density at radius 3 is 2.54 bits per heavy atom. The van der Waals surface area contributed by atoms with Crippen molar-refractivity contribution in [2.24, 2.45) is 0 Å². The number of hydrogen-bond acceptors (Lipinski definition) is 4. The first-order chi connectivity index (χ1) is 13.4. The van der Waals surface area contributed by atoms with E-state index in [0.29, 0.717) is 22.0 Å². The number of nitrogens with zero attached hydrogens (tertiary/aromatic N) is 1. The summed E-state index contributed by atoms with van der Waals surface area (Å²) < 4.78 is 13.3. The molecule has 1 saturated carbocycles. The van der Waals surface area contributed by atoms with Crippen LogP contribution in [0.3, 0.4) is 0 Å². The van der Waals surface area contributed by atoms with Gasteiger partial charge in [0.2, 0.25) is 0 Å². The van der Waals surface area contributed by atoms with E-state index in [-0.39, 0.29) is 22.1 Å². The van der Waals surface area contributed by atoms with Crippen molar-refractivity contribution < 1.29 is 19.1 Å². The highest BCUT2D eigenvalue weighted by Crippen LogP contribution is 2.45. The minimum atomic E-state index is -1.18. The molecule has 0 bridgehead atoms. The van der Waals surface area contributed by atoms with E-state index in [1.165, 1.54) is 41.7 Å². The number of anilines is 1. The molecule has 4 rings (SSSR count). The van der Waals surface area contributed by atoms with Crippen LogP contribution in [0.4, 0.5) is 10.1 Å². The Morgan fingerprint density at radius 2 is 1.89 bits per heavy atom. The zero-order chi connectivity index (χ0) is 19.8. The summed E-state index contributed by atoms with van der Waals surface area (Å²) in [6, 6.07) is 10.1. The van der Waals surface area contributed by atoms with Gasteiger partial charge in [0.25, 0.3) is 5.91 Å². The number of nitrogens with one attached hydrogen (secondary N) is 1. The number of carbonyl (C=O) groups excluding carboxylic acids is 1. The van der Waals surface area contributed by atoms with Crippen molar-refractivity contribution >= 4 is 40.5 Å². The fraction of sp³-hybridized carbons (Fsp3) is 0.150. The van der Waals surface area contributed by atoms with Gasteiger partial charge in [0.05, 0.1) is 20.5 Å². The highest BCUT2D eigenvalue weighted by atomic mass is 35.5. The molecule has 142 valence electrons. The Hall–Kier alpha value is -2.77. The number of benzene rings is 2. The van der Waals surface area contributed by atoms with Crippen molar-refractivity contribution in [3.63, 3.8) is 0 Å². The summed E-state index contributed by atoms with van der Waals surface area (Å²) in [6.45, 7) is 0. The zero-order valence-electron chi connectivity index (χ0n) is 14.4. The minimum absolute atomic E-state index is 0.0854. The Balaban J connectivity index is 1.68. The lowest BCUT2D eigenvalue weighted by Crippen LogP contribution is -2.14. The van der Waals surface area contributed by atoms with Crippen LogP contribution in [0.25, 0.3) is 10.4 Å². The Kier molecular flexibility index (Phi) is 4.87. The normalized spacial score (nSPS) is 13.4. The number of rotatable bonds is 5. The summed E-state index contributed by atoms with van der Waals surface area (Å²) in [6.07, 6.45) is 2.08. The van der Waals surface area contributed by atoms with Crippen molar-refractivity contribution in [3.05, 3.63) is 69.6 Å². The lowest BCUT2D eigenvalue weighted by atomic mass is 10.1. The highest BCUT2D eigenvalue weighted by molar-refractivity contribution is 7.15. The number of aromatic carboxylic acids is 1. The van der Waals surface area contributed by atoms with E-state index in [9.17, 15) is 19.1 Å². The maximum Gasteiger partial charge on any atom is 0.337 e. The summed E-state index contributed by atoms with van der Waals surface area (Å²) in [5.74, 6) is -1.64. The molecule has 28 heavy (non-hydrogen) atoms. The molecular formula is C20H14ClFN2O3S. The van der Waals surface area contributed by atoms with Crippen LogP contribution in [-0.4, -0.2) is 22.0 Å². The van der Waals surface area contributed by atoms with Gasteiger partial charge in [-0.1, -0.05) is 23.7 Å². The van der Waals surface area contributed by atoms with Crippen molar-refractivity contribution in [2.75, 3.05) is 5.32 Å². The molecule has 1 aliphatic rings. The van der Waals surface area contributed by atoms with Gasteiger partial charge in [0.1, 0.15) is 11.5 Å². The summed E-state index contributed by atoms with van der Waals surface area (Å²) in [4.78, 5) is 29.3. The summed E-state index contributed by atoms with van der Waals surface area (Å²) in [7, 11) is 0. The first kappa shape index (κ1) is 18.6. The molecule has 1 fully saturated rings. The van der Waals surface area contributed by atoms with Crippen LogP contribution in [0.1, 0.15) is 44.6 Å². The second-order valence-electron chi connectivity index (χ2n) is 6.46. The number of carbonyl (C=O) groups is 2. The van der Waals surface area contributed by atoms with Gasteiger partial charge in [-0.05, 0) is 48.7 Å². The van der Waals surface area contributed by atoms with Crippen LogP contribution >= 0.6 is 22.9 Å². The van der Waals surface area contributed by atoms with Crippen molar-refractivity contribution in [1.82, 2.24) is 4.98 Å². The van der Waals surface area contributed by atoms with Gasteiger partial charge in [0.15, 0.2) is 0 Å². The molecule has 0 radical (unpaired) electrons. The van der Waals surface area contributed by atoms with Gasteiger partial charge < -0.3 is 10.4 Å². The molecule has 1 aliphatic carbocycles. The predicted octanol–water partition coefficient (Wildman–Crippen LogP) is 5.43. The molecule has 5 nitrogen and oxygen atoms in total. The number of carboxylic acid groups (broad SMARTS) is 1. The molecule has 8 heteroatoms. The number of halogens is 2. The van der Waals surface area contributed by atoms with E-state index >= 15 is 0 Å². The van der Waals surface area contributed by atoms with E-state index in [1.54, 1.807) is 12.1 Å². The fourth-order valence-electron chi connectivity index (χ4n) is 2.75. The molecule has 2 aromatic carbocycles. The summed E-state index contributed by atoms with van der Waals surface area (Å²) >= 11 is 7.30. The lowest BCUT2D eigenvalue weighted by molar-refractivity contribution is 0.0696. The molecule has 0 atom stereocenters. The van der Waals surface area contributed by atoms with Gasteiger partial charge in [-0.15, -0.1) is 11.3 Å². The topological polar surface area (TPSA) is 79.3 Å². The molecule has 0 aliphatic heterocycles. The van der Waals surface area contributed by atoms with Gasteiger partial charge >= 0.3 is 5.97 Å². The van der Waals surface area contributed by atoms with E-state index in [0.717, 1.165) is 17.8 Å². The first-order valence-corrected chi connectivity index (χ1v) is 9.72. The number of amides is 1. The van der Waals surface area contributed by atoms with Crippen LogP contribution in [0.5, 0.6) is 0 Å². The predicted molar refractivity (Wildman–Crippen MR) is 106 cm³/mol. The second-order valence-corrected chi connectivity index (χ2v) is 7.90. The Bertz CT molecular complexity index is 1080. The highest BCUT2D eigenvalue weighted by Gasteiger charge is 2.30. The quantitative estimate of drug-likeness (QED) is 0.581. The molecule has 0 unspecified atom stereocenters. The number of hydrogen-bond donors (Lipinski definition) is 2. The second kappa shape index (κ2) is 7.33. The van der Waals surface area contributed by atoms with E-state index in [2.05, 4.69) is 10.3 Å². The SMILES string of the molecule is O=C(O)c1cc(NC(=O)c2nc(C3CC3)sc2-c2ccc(F)cc2)ccc1Cl. The third kappa shape index (κ3) is 3.76. The monoisotopic (exact) mass is 416 g/mol. The largest absolute Gasteiger partial charge is 0.478 e. The van der Waals surface area contributed by atoms with Crippen LogP contribution < -0.4 is 5.32 Å². The van der Waals surface area contributed by atoms with E-state index < -0.39 is 11.9 Å². The molecule has 2 N–H and O–H groups in total. The van der Waals surface area contributed by atoms with Crippen LogP contribution in [0.15, 0.2) is 42.5 Å². The molecular weight excluding hydrogens is 403 g/mol. The molecule has 1 heterocycles. The lowest BCUT2D eigenvalue weighted by Gasteiger charge is -2.07. The Morgan fingerprint density at radius 1 is 1.18 bits per heavy atom. The van der Waals surface area contributed by atoms with Gasteiger partial charge in [-0.2, -0.15) is 0 Å². The number of thiazole rings is 1. The first-order valence-electron chi connectivity index (χ1n) is 8.53. The fourth-order valence-corrected chi connectivity index (χ4v) is 4.19. The standard InChI is InChI=1S/C20H14ClFN2O3S/c21-15-8-7-13(9-14(15)20(26)27)23-18(25)16-17(10-3-5-12(22)6-4-10)28-19(24-16)11-1-2-11/h3-9,11H,1-2H2,(H,23,25)(H,26,27). The summed E-state index contributed by atoms with van der Waals surface area (Å²) in [5, 5.41) is 12.8. The van der Waals surface area contributed by atoms with Gasteiger partial charge in [-0.25, -0.2) is 14.2 Å². The molecule has 0 spiro atoms. The van der Waals surface area contributed by atoms with Crippen molar-refractivity contribution in [2.45, 2.75) is 18.8 Å². The molecule has 0 saturated heterocycles. The third-order valence-corrected chi connectivity index (χ3v) is 5.94. The summed E-state index contributed by atoms with van der Waals surface area (Å²) in [5.41, 5.74) is 1.15. The molecule has 3 aromatic rings. The number of carboxylic acids is 1. The van der Waals surface area contributed by atoms with Crippen LogP contribution in [0.2, 0.25) is 5.02 Å². The maximum atomic E-state index is 13.3. The van der Waals surface area contributed by atoms with Crippen LogP contribution in [-0.2, 0) is 0 Å². The van der Waals surface area contributed by atoms with Gasteiger partial charge in [0, 0.05) is 11.6 Å².